The van der Waals surface area contributed by atoms with Gasteiger partial charge in [-0.3, -0.25) is 9.59 Å². The van der Waals surface area contributed by atoms with Gasteiger partial charge in [0.05, 0.1) is 12.3 Å². The Morgan fingerprint density at radius 3 is 2.82 bits per heavy atom. The van der Waals surface area contributed by atoms with Crippen LogP contribution in [0.1, 0.15) is 12.5 Å². The molecule has 0 fully saturated rings. The number of benzene rings is 1. The van der Waals surface area contributed by atoms with Crippen LogP contribution in [0.15, 0.2) is 34.1 Å². The van der Waals surface area contributed by atoms with Gasteiger partial charge in [-0.05, 0) is 18.1 Å². The number of aromatic nitrogens is 2. The molecule has 1 aromatic carbocycles. The van der Waals surface area contributed by atoms with E-state index >= 15 is 0 Å². The Labute approximate surface area is 136 Å². The molecule has 0 aliphatic heterocycles. The summed E-state index contributed by atoms with van der Waals surface area (Å²) in [6.45, 7) is 1.98. The lowest BCUT2D eigenvalue weighted by molar-refractivity contribution is -0.122. The van der Waals surface area contributed by atoms with Gasteiger partial charge in [0, 0.05) is 5.69 Å². The highest BCUT2D eigenvalue weighted by Gasteiger charge is 2.09. The number of rotatable bonds is 7. The number of hydrogen-bond donors (Lipinski definition) is 2. The molecule has 6 nitrogen and oxygen atoms in total. The first-order valence-corrected chi connectivity index (χ1v) is 8.59. The number of hydrogen-bond acceptors (Lipinski definition) is 6. The number of nitrogens with zero attached hydrogens (tertiary/aromatic N) is 2. The van der Waals surface area contributed by atoms with Crippen LogP contribution in [0.3, 0.4) is 0 Å². The third-order valence-electron chi connectivity index (χ3n) is 2.79. The summed E-state index contributed by atoms with van der Waals surface area (Å²) in [7, 11) is 0. The van der Waals surface area contributed by atoms with Crippen molar-refractivity contribution in [3.05, 3.63) is 35.3 Å². The molecule has 8 heteroatoms. The van der Waals surface area contributed by atoms with E-state index in [-0.39, 0.29) is 24.1 Å². The summed E-state index contributed by atoms with van der Waals surface area (Å²) >= 11 is 2.67. The predicted octanol–water partition coefficient (Wildman–Crippen LogP) is 1.95. The van der Waals surface area contributed by atoms with Gasteiger partial charge in [-0.1, -0.05) is 48.2 Å². The highest BCUT2D eigenvalue weighted by Crippen LogP contribution is 2.18. The molecule has 2 N–H and O–H groups in total. The molecule has 0 atom stereocenters. The van der Waals surface area contributed by atoms with Gasteiger partial charge in [-0.15, -0.1) is 10.2 Å². The van der Waals surface area contributed by atoms with Crippen molar-refractivity contribution in [3.8, 4) is 0 Å². The van der Waals surface area contributed by atoms with Crippen LogP contribution in [0.2, 0.25) is 0 Å². The molecule has 116 valence electrons. The first-order valence-electron chi connectivity index (χ1n) is 6.72. The smallest absolute Gasteiger partial charge is 0.243 e. The van der Waals surface area contributed by atoms with E-state index in [0.29, 0.717) is 0 Å². The minimum atomic E-state index is -0.241. The first kappa shape index (κ1) is 16.4. The molecule has 2 amide bonds. The van der Waals surface area contributed by atoms with E-state index in [0.717, 1.165) is 22.0 Å². The van der Waals surface area contributed by atoms with Crippen molar-refractivity contribution < 1.29 is 9.59 Å². The highest BCUT2D eigenvalue weighted by atomic mass is 32.2. The van der Waals surface area contributed by atoms with Crippen molar-refractivity contribution in [2.45, 2.75) is 17.7 Å². The van der Waals surface area contributed by atoms with Crippen LogP contribution in [-0.2, 0) is 16.0 Å². The lowest BCUT2D eigenvalue weighted by Gasteiger charge is -2.10. The molecule has 0 unspecified atom stereocenters. The van der Waals surface area contributed by atoms with Gasteiger partial charge in [0.2, 0.25) is 11.8 Å². The van der Waals surface area contributed by atoms with Gasteiger partial charge in [-0.2, -0.15) is 0 Å². The monoisotopic (exact) mass is 336 g/mol. The van der Waals surface area contributed by atoms with Gasteiger partial charge in [0.25, 0.3) is 0 Å². The summed E-state index contributed by atoms with van der Waals surface area (Å²) in [5, 5.41) is 12.9. The number of anilines is 1. The molecule has 1 heterocycles. The third kappa shape index (κ3) is 5.12. The molecule has 0 aliphatic carbocycles. The van der Waals surface area contributed by atoms with Crippen LogP contribution in [-0.4, -0.2) is 34.3 Å². The van der Waals surface area contributed by atoms with Gasteiger partial charge < -0.3 is 10.6 Å². The Kier molecular flexibility index (Phi) is 6.35. The molecule has 0 aliphatic rings. The third-order valence-corrected chi connectivity index (χ3v) is 4.65. The molecule has 0 bridgehead atoms. The van der Waals surface area contributed by atoms with Gasteiger partial charge in [0.15, 0.2) is 4.34 Å². The fraction of sp³-hybridized carbons (Fsp3) is 0.286. The number of para-hydroxylation sites is 1. The van der Waals surface area contributed by atoms with Crippen LogP contribution in [0.4, 0.5) is 5.69 Å². The maximum absolute atomic E-state index is 11.9. The van der Waals surface area contributed by atoms with Gasteiger partial charge in [-0.25, -0.2) is 0 Å². The standard InChI is InChI=1S/C14H16N4O2S2/c1-2-10-5-3-4-6-11(10)17-12(19)7-15-13(20)8-21-14-18-16-9-22-14/h3-6,9H,2,7-8H2,1H3,(H,15,20)(H,17,19). The van der Waals surface area contributed by atoms with Crippen LogP contribution in [0, 0.1) is 0 Å². The molecule has 22 heavy (non-hydrogen) atoms. The van der Waals surface area contributed by atoms with E-state index in [4.69, 9.17) is 0 Å². The molecular formula is C14H16N4O2S2. The number of thioether (sulfide) groups is 1. The minimum Gasteiger partial charge on any atom is -0.346 e. The fourth-order valence-corrected chi connectivity index (χ4v) is 3.05. The van der Waals surface area contributed by atoms with Crippen molar-refractivity contribution in [2.75, 3.05) is 17.6 Å². The van der Waals surface area contributed by atoms with Crippen LogP contribution < -0.4 is 10.6 Å². The van der Waals surface area contributed by atoms with Gasteiger partial charge >= 0.3 is 0 Å². The Morgan fingerprint density at radius 1 is 1.27 bits per heavy atom. The lowest BCUT2D eigenvalue weighted by atomic mass is 10.1. The van der Waals surface area contributed by atoms with Crippen molar-refractivity contribution in [1.82, 2.24) is 15.5 Å². The second-order valence-electron chi connectivity index (χ2n) is 4.33. The maximum atomic E-state index is 11.9. The number of amides is 2. The first-order chi connectivity index (χ1) is 10.7. The molecule has 2 aromatic rings. The Hall–Kier alpha value is -1.93. The number of carbonyl (C=O) groups excluding carboxylic acids is 2. The summed E-state index contributed by atoms with van der Waals surface area (Å²) in [6, 6.07) is 7.61. The van der Waals surface area contributed by atoms with Crippen molar-refractivity contribution >= 4 is 40.6 Å². The summed E-state index contributed by atoms with van der Waals surface area (Å²) < 4.78 is 0.733. The molecular weight excluding hydrogens is 320 g/mol. The topological polar surface area (TPSA) is 84.0 Å². The predicted molar refractivity (Wildman–Crippen MR) is 88.1 cm³/mol. The number of carbonyl (C=O) groups is 2. The van der Waals surface area contributed by atoms with Crippen molar-refractivity contribution in [1.29, 1.82) is 0 Å². The van der Waals surface area contributed by atoms with E-state index < -0.39 is 0 Å². The average Bonchev–Trinajstić information content (AvgIpc) is 3.05. The van der Waals surface area contributed by atoms with Crippen LogP contribution in [0.5, 0.6) is 0 Å². The van der Waals surface area contributed by atoms with Crippen molar-refractivity contribution in [2.24, 2.45) is 0 Å². The highest BCUT2D eigenvalue weighted by molar-refractivity contribution is 8.01. The quantitative estimate of drug-likeness (QED) is 0.755. The lowest BCUT2D eigenvalue weighted by Crippen LogP contribution is -2.34. The minimum absolute atomic E-state index is 0.0481. The van der Waals surface area contributed by atoms with E-state index in [2.05, 4.69) is 20.8 Å². The molecule has 2 rings (SSSR count). The van der Waals surface area contributed by atoms with E-state index in [9.17, 15) is 9.59 Å². The van der Waals surface area contributed by atoms with Gasteiger partial charge in [0.1, 0.15) is 5.51 Å². The zero-order valence-electron chi connectivity index (χ0n) is 12.0. The molecule has 0 saturated carbocycles. The van der Waals surface area contributed by atoms with E-state index in [1.54, 1.807) is 5.51 Å². The van der Waals surface area contributed by atoms with Crippen molar-refractivity contribution in [3.63, 3.8) is 0 Å². The Bertz CT molecular complexity index is 632. The summed E-state index contributed by atoms with van der Waals surface area (Å²) in [6.07, 6.45) is 0.835. The number of aryl methyl sites for hydroxylation is 1. The zero-order valence-corrected chi connectivity index (χ0v) is 13.7. The Morgan fingerprint density at radius 2 is 2.09 bits per heavy atom. The van der Waals surface area contributed by atoms with Crippen LogP contribution >= 0.6 is 23.1 Å². The SMILES string of the molecule is CCc1ccccc1NC(=O)CNC(=O)CSc1nncs1. The maximum Gasteiger partial charge on any atom is 0.243 e. The second-order valence-corrected chi connectivity index (χ2v) is 6.38. The zero-order chi connectivity index (χ0) is 15.8. The summed E-state index contributed by atoms with van der Waals surface area (Å²) in [5.41, 5.74) is 3.46. The molecule has 0 spiro atoms. The van der Waals surface area contributed by atoms with Crippen LogP contribution in [0.25, 0.3) is 0 Å². The summed E-state index contributed by atoms with van der Waals surface area (Å²) in [5.74, 6) is -0.233. The number of nitrogens with one attached hydrogen (secondary N) is 2. The second kappa shape index (κ2) is 8.50. The molecule has 0 saturated heterocycles. The molecule has 1 aromatic heterocycles. The fourth-order valence-electron chi connectivity index (χ4n) is 1.73. The normalized spacial score (nSPS) is 10.2. The van der Waals surface area contributed by atoms with E-state index in [1.165, 1.54) is 23.1 Å². The van der Waals surface area contributed by atoms with E-state index in [1.807, 2.05) is 31.2 Å². The molecule has 0 radical (unpaired) electrons. The largest absolute Gasteiger partial charge is 0.346 e. The summed E-state index contributed by atoms with van der Waals surface area (Å²) in [4.78, 5) is 23.5. The Balaban J connectivity index is 1.74. The average molecular weight is 336 g/mol.